The molecule has 0 aliphatic rings. The molecule has 4 aromatic rings. The molecule has 0 radical (unpaired) electrons. The number of carbonyl (C=O) groups is 1. The summed E-state index contributed by atoms with van der Waals surface area (Å²) in [7, 11) is 0. The molecule has 0 aliphatic carbocycles. The van der Waals surface area contributed by atoms with Crippen LogP contribution in [0.1, 0.15) is 5.56 Å². The standard InChI is InChI=1S/C22H17ClF3N7O/c1-2-9-27-19-18-20(29-11-28-19)33(12-30-18)15-6-3-13(4-7-15)31-21(34)32-14-5-8-17(23)16(10-14)22(24,25)26/h2-8,10-12H,1,9H2,(H,27,28,29)(H2,31,32,34). The van der Waals surface area contributed by atoms with Crippen molar-refractivity contribution in [1.29, 1.82) is 0 Å². The monoisotopic (exact) mass is 487 g/mol. The topological polar surface area (TPSA) is 96.8 Å². The van der Waals surface area contributed by atoms with Gasteiger partial charge >= 0.3 is 12.2 Å². The number of imidazole rings is 1. The van der Waals surface area contributed by atoms with Crippen LogP contribution in [0.5, 0.6) is 0 Å². The van der Waals surface area contributed by atoms with Gasteiger partial charge in [-0.25, -0.2) is 19.7 Å². The second-order valence-electron chi connectivity index (χ2n) is 7.00. The van der Waals surface area contributed by atoms with E-state index in [9.17, 15) is 18.0 Å². The normalized spacial score (nSPS) is 11.3. The number of hydrogen-bond donors (Lipinski definition) is 3. The first kappa shape index (κ1) is 23.1. The first-order valence-corrected chi connectivity index (χ1v) is 10.2. The molecular weight excluding hydrogens is 471 g/mol. The molecule has 2 aromatic heterocycles. The van der Waals surface area contributed by atoms with Gasteiger partial charge in [-0.2, -0.15) is 13.2 Å². The van der Waals surface area contributed by atoms with Gasteiger partial charge in [-0.05, 0) is 42.5 Å². The Balaban J connectivity index is 1.48. The summed E-state index contributed by atoms with van der Waals surface area (Å²) in [4.78, 5) is 25.1. The maximum Gasteiger partial charge on any atom is 0.417 e. The fraction of sp³-hybridized carbons (Fsp3) is 0.0909. The smallest absolute Gasteiger partial charge is 0.365 e. The van der Waals surface area contributed by atoms with Crippen molar-refractivity contribution >= 4 is 46.0 Å². The minimum atomic E-state index is -4.63. The molecule has 2 amide bonds. The molecule has 12 heteroatoms. The SMILES string of the molecule is C=CCNc1ncnc2c1ncn2-c1ccc(NC(=O)Nc2ccc(Cl)c(C(F)(F)F)c2)cc1. The van der Waals surface area contributed by atoms with E-state index in [1.54, 1.807) is 41.2 Å². The van der Waals surface area contributed by atoms with Gasteiger partial charge in [-0.3, -0.25) is 4.57 Å². The number of amides is 2. The molecule has 0 spiro atoms. The minimum Gasteiger partial charge on any atom is -0.365 e. The second kappa shape index (κ2) is 9.40. The summed E-state index contributed by atoms with van der Waals surface area (Å²) in [6.45, 7) is 4.18. The lowest BCUT2D eigenvalue weighted by Crippen LogP contribution is -2.20. The van der Waals surface area contributed by atoms with Crippen molar-refractivity contribution < 1.29 is 18.0 Å². The number of anilines is 3. The Bertz CT molecular complexity index is 1350. The summed E-state index contributed by atoms with van der Waals surface area (Å²) in [6.07, 6.45) is 0.0977. The van der Waals surface area contributed by atoms with Gasteiger partial charge in [0.2, 0.25) is 0 Å². The van der Waals surface area contributed by atoms with Crippen LogP contribution in [0.25, 0.3) is 16.9 Å². The van der Waals surface area contributed by atoms with Gasteiger partial charge in [0.25, 0.3) is 0 Å². The average Bonchev–Trinajstić information content (AvgIpc) is 3.23. The van der Waals surface area contributed by atoms with Gasteiger partial charge in [0.1, 0.15) is 12.7 Å². The number of carbonyl (C=O) groups excluding carboxylic acids is 1. The van der Waals surface area contributed by atoms with Gasteiger partial charge < -0.3 is 16.0 Å². The van der Waals surface area contributed by atoms with E-state index in [-0.39, 0.29) is 5.69 Å². The van der Waals surface area contributed by atoms with E-state index >= 15 is 0 Å². The third kappa shape index (κ3) is 4.94. The third-order valence-electron chi connectivity index (χ3n) is 4.68. The number of fused-ring (bicyclic) bond motifs is 1. The second-order valence-corrected chi connectivity index (χ2v) is 7.40. The number of rotatable bonds is 6. The van der Waals surface area contributed by atoms with E-state index in [2.05, 4.69) is 37.5 Å². The molecule has 8 nitrogen and oxygen atoms in total. The molecule has 0 saturated heterocycles. The predicted molar refractivity (Wildman–Crippen MR) is 124 cm³/mol. The Morgan fingerprint density at radius 2 is 1.76 bits per heavy atom. The Morgan fingerprint density at radius 1 is 1.06 bits per heavy atom. The van der Waals surface area contributed by atoms with Crippen molar-refractivity contribution in [2.75, 3.05) is 22.5 Å². The van der Waals surface area contributed by atoms with Crippen LogP contribution in [0.15, 0.2) is 67.8 Å². The molecule has 0 atom stereocenters. The molecule has 0 saturated carbocycles. The van der Waals surface area contributed by atoms with Gasteiger partial charge in [-0.1, -0.05) is 17.7 Å². The van der Waals surface area contributed by atoms with E-state index < -0.39 is 22.8 Å². The molecule has 2 heterocycles. The van der Waals surface area contributed by atoms with E-state index in [0.29, 0.717) is 29.2 Å². The van der Waals surface area contributed by atoms with Crippen LogP contribution in [-0.4, -0.2) is 32.1 Å². The molecule has 0 aliphatic heterocycles. The highest BCUT2D eigenvalue weighted by Crippen LogP contribution is 2.36. The van der Waals surface area contributed by atoms with E-state index in [1.807, 2.05) is 0 Å². The summed E-state index contributed by atoms with van der Waals surface area (Å²) in [5.74, 6) is 0.578. The maximum absolute atomic E-state index is 13.0. The van der Waals surface area contributed by atoms with Crippen LogP contribution in [-0.2, 0) is 6.18 Å². The molecule has 34 heavy (non-hydrogen) atoms. The molecule has 0 bridgehead atoms. The van der Waals surface area contributed by atoms with Crippen molar-refractivity contribution in [3.8, 4) is 5.69 Å². The quantitative estimate of drug-likeness (QED) is 0.302. The van der Waals surface area contributed by atoms with Crippen molar-refractivity contribution in [3.05, 3.63) is 78.4 Å². The Labute approximate surface area is 196 Å². The van der Waals surface area contributed by atoms with Crippen molar-refractivity contribution in [3.63, 3.8) is 0 Å². The molecular formula is C22H17ClF3N7O. The van der Waals surface area contributed by atoms with Crippen LogP contribution in [0.4, 0.5) is 35.2 Å². The molecule has 4 rings (SSSR count). The van der Waals surface area contributed by atoms with Crippen LogP contribution in [0, 0.1) is 0 Å². The Morgan fingerprint density at radius 3 is 2.47 bits per heavy atom. The number of nitrogens with one attached hydrogen (secondary N) is 3. The predicted octanol–water partition coefficient (Wildman–Crippen LogP) is 5.73. The van der Waals surface area contributed by atoms with Gasteiger partial charge in [-0.15, -0.1) is 6.58 Å². The van der Waals surface area contributed by atoms with Crippen LogP contribution >= 0.6 is 11.6 Å². The van der Waals surface area contributed by atoms with Gasteiger partial charge in [0, 0.05) is 23.6 Å². The Hall–Kier alpha value is -4.12. The van der Waals surface area contributed by atoms with Crippen molar-refractivity contribution in [2.24, 2.45) is 0 Å². The van der Waals surface area contributed by atoms with Crippen molar-refractivity contribution in [2.45, 2.75) is 6.18 Å². The maximum atomic E-state index is 13.0. The molecule has 174 valence electrons. The summed E-state index contributed by atoms with van der Waals surface area (Å²) in [6, 6.07) is 9.18. The first-order valence-electron chi connectivity index (χ1n) is 9.84. The lowest BCUT2D eigenvalue weighted by atomic mass is 10.2. The van der Waals surface area contributed by atoms with Gasteiger partial charge in [0.05, 0.1) is 10.6 Å². The summed E-state index contributed by atoms with van der Waals surface area (Å²) in [5.41, 5.74) is 1.26. The zero-order valence-corrected chi connectivity index (χ0v) is 18.2. The Kier molecular flexibility index (Phi) is 6.37. The highest BCUT2D eigenvalue weighted by atomic mass is 35.5. The number of hydrogen-bond acceptors (Lipinski definition) is 5. The number of alkyl halides is 3. The largest absolute Gasteiger partial charge is 0.417 e. The zero-order chi connectivity index (χ0) is 24.3. The minimum absolute atomic E-state index is 0.0451. The first-order chi connectivity index (χ1) is 16.3. The van der Waals surface area contributed by atoms with Crippen LogP contribution < -0.4 is 16.0 Å². The van der Waals surface area contributed by atoms with E-state index in [4.69, 9.17) is 11.6 Å². The fourth-order valence-electron chi connectivity index (χ4n) is 3.14. The highest BCUT2D eigenvalue weighted by Gasteiger charge is 2.33. The molecule has 0 unspecified atom stereocenters. The molecule has 3 N–H and O–H groups in total. The third-order valence-corrected chi connectivity index (χ3v) is 5.01. The number of urea groups is 1. The molecule has 2 aromatic carbocycles. The number of aromatic nitrogens is 4. The zero-order valence-electron chi connectivity index (χ0n) is 17.4. The van der Waals surface area contributed by atoms with Crippen LogP contribution in [0.2, 0.25) is 5.02 Å². The number of benzene rings is 2. The number of halogens is 4. The lowest BCUT2D eigenvalue weighted by Gasteiger charge is -2.12. The summed E-state index contributed by atoms with van der Waals surface area (Å²) >= 11 is 5.60. The number of nitrogens with zero attached hydrogens (tertiary/aromatic N) is 4. The molecule has 0 fully saturated rings. The lowest BCUT2D eigenvalue weighted by molar-refractivity contribution is -0.137. The average molecular weight is 488 g/mol. The van der Waals surface area contributed by atoms with E-state index in [1.165, 1.54) is 12.4 Å². The highest BCUT2D eigenvalue weighted by molar-refractivity contribution is 6.31. The van der Waals surface area contributed by atoms with Crippen molar-refractivity contribution in [1.82, 2.24) is 19.5 Å². The summed E-state index contributed by atoms with van der Waals surface area (Å²) in [5, 5.41) is 7.58. The van der Waals surface area contributed by atoms with Crippen LogP contribution in [0.3, 0.4) is 0 Å². The van der Waals surface area contributed by atoms with Gasteiger partial charge in [0.15, 0.2) is 17.0 Å². The van der Waals surface area contributed by atoms with E-state index in [0.717, 1.165) is 17.8 Å². The summed E-state index contributed by atoms with van der Waals surface area (Å²) < 4.78 is 40.8. The fourth-order valence-corrected chi connectivity index (χ4v) is 3.37.